The second-order valence-corrected chi connectivity index (χ2v) is 7.92. The number of benzene rings is 2. The van der Waals surface area contributed by atoms with E-state index in [1.165, 1.54) is 31.4 Å². The highest BCUT2D eigenvalue weighted by Gasteiger charge is 2.23. The predicted octanol–water partition coefficient (Wildman–Crippen LogP) is 5.16. The van der Waals surface area contributed by atoms with Gasteiger partial charge in [0.25, 0.3) is 0 Å². The number of nitrogens with two attached hydrogens (primary N) is 1. The first-order valence-corrected chi connectivity index (χ1v) is 10.5. The molecule has 0 radical (unpaired) electrons. The summed E-state index contributed by atoms with van der Waals surface area (Å²) in [6.45, 7) is 2.06. The molecular weight excluding hydrogens is 487 g/mol. The summed E-state index contributed by atoms with van der Waals surface area (Å²) in [5, 5.41) is 27.1. The first-order chi connectivity index (χ1) is 15.6. The molecule has 9 heteroatoms. The maximum atomic E-state index is 14.7. The molecule has 33 heavy (non-hydrogen) atoms. The smallest absolute Gasteiger partial charge is 0.184 e. The minimum atomic E-state index is -0.678. The average Bonchev–Trinajstić information content (AvgIpc) is 3.19. The van der Waals surface area contributed by atoms with E-state index in [0.717, 1.165) is 30.4 Å². The first-order valence-electron chi connectivity index (χ1n) is 10.5. The SMILES string of the molecule is Br.N#Cc1c(-c2ccc(O)cc2F)nc2n[nH]c(N)c2c1-c1ccc(N2CCCCC2)cc1. The molecule has 0 saturated carbocycles. The number of aromatic nitrogens is 3. The summed E-state index contributed by atoms with van der Waals surface area (Å²) in [4.78, 5) is 6.78. The van der Waals surface area contributed by atoms with Crippen LogP contribution in [0.25, 0.3) is 33.4 Å². The third kappa shape index (κ3) is 3.98. The molecule has 1 saturated heterocycles. The van der Waals surface area contributed by atoms with Crippen LogP contribution < -0.4 is 10.6 Å². The summed E-state index contributed by atoms with van der Waals surface area (Å²) in [6.07, 6.45) is 3.61. The number of nitriles is 1. The lowest BCUT2D eigenvalue weighted by Gasteiger charge is -2.29. The van der Waals surface area contributed by atoms with Gasteiger partial charge in [0.2, 0.25) is 0 Å². The van der Waals surface area contributed by atoms with Crippen LogP contribution in [0.3, 0.4) is 0 Å². The van der Waals surface area contributed by atoms with E-state index in [0.29, 0.717) is 16.6 Å². The normalized spacial score (nSPS) is 13.5. The maximum Gasteiger partial charge on any atom is 0.184 e. The molecule has 2 aromatic carbocycles. The van der Waals surface area contributed by atoms with Crippen molar-refractivity contribution in [2.75, 3.05) is 23.7 Å². The van der Waals surface area contributed by atoms with Gasteiger partial charge in [-0.3, -0.25) is 5.10 Å². The Labute approximate surface area is 200 Å². The number of nitrogens with one attached hydrogen (secondary N) is 1. The van der Waals surface area contributed by atoms with E-state index in [9.17, 15) is 14.8 Å². The Morgan fingerprint density at radius 1 is 1.09 bits per heavy atom. The van der Waals surface area contributed by atoms with Gasteiger partial charge in [-0.1, -0.05) is 12.1 Å². The van der Waals surface area contributed by atoms with Crippen LogP contribution in [0.15, 0.2) is 42.5 Å². The standard InChI is InChI=1S/C24H21FN6O.BrH/c25-19-12-16(32)8-9-17(19)22-18(13-26)20(21-23(27)29-30-24(21)28-22)14-4-6-15(7-5-14)31-10-2-1-3-11-31;/h4-9,12,32H,1-3,10-11H2,(H3,27,28,29,30);1H. The number of aromatic amines is 1. The highest BCUT2D eigenvalue weighted by atomic mass is 79.9. The van der Waals surface area contributed by atoms with Crippen molar-refractivity contribution in [1.29, 1.82) is 5.26 Å². The van der Waals surface area contributed by atoms with Crippen molar-refractivity contribution in [2.45, 2.75) is 19.3 Å². The number of pyridine rings is 1. The number of piperidine rings is 1. The summed E-state index contributed by atoms with van der Waals surface area (Å²) >= 11 is 0. The highest BCUT2D eigenvalue weighted by molar-refractivity contribution is 8.93. The summed E-state index contributed by atoms with van der Waals surface area (Å²) in [5.74, 6) is -0.594. The molecule has 1 fully saturated rings. The van der Waals surface area contributed by atoms with Gasteiger partial charge in [-0.2, -0.15) is 10.4 Å². The molecule has 4 aromatic rings. The molecular formula is C24H22BrFN6O. The van der Waals surface area contributed by atoms with Gasteiger partial charge >= 0.3 is 0 Å². The number of hydrogen-bond donors (Lipinski definition) is 3. The van der Waals surface area contributed by atoms with Crippen LogP contribution in [0.5, 0.6) is 5.75 Å². The van der Waals surface area contributed by atoms with Gasteiger partial charge in [-0.25, -0.2) is 9.37 Å². The van der Waals surface area contributed by atoms with Crippen LogP contribution in [-0.2, 0) is 0 Å². The number of nitrogen functional groups attached to an aromatic ring is 1. The minimum absolute atomic E-state index is 0. The quantitative estimate of drug-likeness (QED) is 0.352. The molecule has 3 heterocycles. The van der Waals surface area contributed by atoms with Gasteiger partial charge in [0.1, 0.15) is 23.5 Å². The van der Waals surface area contributed by atoms with Gasteiger partial charge in [-0.15, -0.1) is 17.0 Å². The second-order valence-electron chi connectivity index (χ2n) is 7.92. The Balaban J connectivity index is 0.00000259. The van der Waals surface area contributed by atoms with E-state index in [4.69, 9.17) is 5.73 Å². The molecule has 5 rings (SSSR count). The van der Waals surface area contributed by atoms with Crippen molar-refractivity contribution >= 4 is 39.5 Å². The number of nitrogens with zero attached hydrogens (tertiary/aromatic N) is 4. The van der Waals surface area contributed by atoms with Gasteiger partial charge in [-0.05, 0) is 49.1 Å². The Morgan fingerprint density at radius 3 is 2.48 bits per heavy atom. The van der Waals surface area contributed by atoms with Crippen molar-refractivity contribution < 1.29 is 9.50 Å². The first kappa shape index (κ1) is 22.6. The zero-order valence-electron chi connectivity index (χ0n) is 17.7. The number of phenols is 1. The number of aromatic hydroxyl groups is 1. The summed E-state index contributed by atoms with van der Waals surface area (Å²) in [6, 6.07) is 13.9. The Kier molecular flexibility index (Phi) is 6.20. The number of anilines is 2. The van der Waals surface area contributed by atoms with E-state index >= 15 is 0 Å². The van der Waals surface area contributed by atoms with E-state index < -0.39 is 5.82 Å². The molecule has 0 bridgehead atoms. The maximum absolute atomic E-state index is 14.7. The van der Waals surface area contributed by atoms with Crippen LogP contribution in [0.2, 0.25) is 0 Å². The number of rotatable bonds is 3. The van der Waals surface area contributed by atoms with E-state index in [1.807, 2.05) is 24.3 Å². The molecule has 1 aliphatic rings. The van der Waals surface area contributed by atoms with Crippen LogP contribution in [0.4, 0.5) is 15.9 Å². The largest absolute Gasteiger partial charge is 0.508 e. The minimum Gasteiger partial charge on any atom is -0.508 e. The topological polar surface area (TPSA) is 115 Å². The van der Waals surface area contributed by atoms with E-state index in [-0.39, 0.29) is 45.4 Å². The number of phenolic OH excluding ortho intramolecular Hbond substituents is 1. The molecule has 4 N–H and O–H groups in total. The van der Waals surface area contributed by atoms with Crippen molar-refractivity contribution in [3.8, 4) is 34.2 Å². The van der Waals surface area contributed by atoms with Crippen LogP contribution in [0.1, 0.15) is 24.8 Å². The highest BCUT2D eigenvalue weighted by Crippen LogP contribution is 2.39. The number of halogens is 2. The fourth-order valence-corrected chi connectivity index (χ4v) is 4.36. The molecule has 0 amide bonds. The Hall–Kier alpha value is -3.64. The summed E-state index contributed by atoms with van der Waals surface area (Å²) in [7, 11) is 0. The molecule has 2 aromatic heterocycles. The lowest BCUT2D eigenvalue weighted by atomic mass is 9.93. The molecule has 168 valence electrons. The number of H-pyrrole nitrogens is 1. The van der Waals surface area contributed by atoms with E-state index in [2.05, 4.69) is 26.2 Å². The summed E-state index contributed by atoms with van der Waals surface area (Å²) < 4.78 is 14.7. The molecule has 0 unspecified atom stereocenters. The fraction of sp³-hybridized carbons (Fsp3) is 0.208. The lowest BCUT2D eigenvalue weighted by Crippen LogP contribution is -2.29. The van der Waals surface area contributed by atoms with Crippen LogP contribution in [-0.4, -0.2) is 33.4 Å². The molecule has 0 spiro atoms. The van der Waals surface area contributed by atoms with Crippen LogP contribution in [0, 0.1) is 17.1 Å². The van der Waals surface area contributed by atoms with Crippen molar-refractivity contribution in [2.24, 2.45) is 0 Å². The predicted molar refractivity (Wildman–Crippen MR) is 132 cm³/mol. The zero-order chi connectivity index (χ0) is 22.2. The third-order valence-corrected chi connectivity index (χ3v) is 5.93. The number of fused-ring (bicyclic) bond motifs is 1. The van der Waals surface area contributed by atoms with Crippen LogP contribution >= 0.6 is 17.0 Å². The molecule has 0 aliphatic carbocycles. The fourth-order valence-electron chi connectivity index (χ4n) is 4.36. The van der Waals surface area contributed by atoms with Gasteiger partial charge in [0.05, 0.1) is 16.6 Å². The van der Waals surface area contributed by atoms with Gasteiger partial charge < -0.3 is 15.7 Å². The monoisotopic (exact) mass is 508 g/mol. The summed E-state index contributed by atoms with van der Waals surface area (Å²) in [5.41, 5.74) is 9.33. The molecule has 7 nitrogen and oxygen atoms in total. The Bertz CT molecular complexity index is 1360. The second kappa shape index (κ2) is 9.08. The average molecular weight is 509 g/mol. The van der Waals surface area contributed by atoms with E-state index in [1.54, 1.807) is 0 Å². The van der Waals surface area contributed by atoms with Gasteiger partial charge in [0.15, 0.2) is 5.65 Å². The van der Waals surface area contributed by atoms with Gasteiger partial charge in [0, 0.05) is 36.0 Å². The molecule has 0 atom stereocenters. The Morgan fingerprint density at radius 2 is 1.82 bits per heavy atom. The third-order valence-electron chi connectivity index (χ3n) is 5.93. The zero-order valence-corrected chi connectivity index (χ0v) is 19.4. The number of hydrogen-bond acceptors (Lipinski definition) is 6. The lowest BCUT2D eigenvalue weighted by molar-refractivity contribution is 0.469. The molecule has 1 aliphatic heterocycles. The van der Waals surface area contributed by atoms with Crippen molar-refractivity contribution in [1.82, 2.24) is 15.2 Å². The van der Waals surface area contributed by atoms with Crippen molar-refractivity contribution in [3.05, 3.63) is 53.8 Å². The van der Waals surface area contributed by atoms with Crippen molar-refractivity contribution in [3.63, 3.8) is 0 Å².